The first-order chi connectivity index (χ1) is 15.7. The second-order valence-corrected chi connectivity index (χ2v) is 9.16. The van der Waals surface area contributed by atoms with Crippen molar-refractivity contribution in [3.8, 4) is 5.75 Å². The number of rotatable bonds is 8. The van der Waals surface area contributed by atoms with Crippen molar-refractivity contribution >= 4 is 23.1 Å². The van der Waals surface area contributed by atoms with Crippen LogP contribution in [0.2, 0.25) is 0 Å². The topological polar surface area (TPSA) is 67.3 Å². The second-order valence-electron chi connectivity index (χ2n) is 8.21. The van der Waals surface area contributed by atoms with Crippen molar-refractivity contribution in [2.75, 3.05) is 18.0 Å². The minimum Gasteiger partial charge on any atom is -0.486 e. The summed E-state index contributed by atoms with van der Waals surface area (Å²) in [5.74, 6) is 1.81. The van der Waals surface area contributed by atoms with Crippen LogP contribution in [0.3, 0.4) is 0 Å². The lowest BCUT2D eigenvalue weighted by Gasteiger charge is -2.21. The second kappa shape index (κ2) is 11.1. The molecule has 3 heterocycles. The molecule has 168 valence electrons. The van der Waals surface area contributed by atoms with Gasteiger partial charge in [-0.1, -0.05) is 36.6 Å². The third-order valence-electron chi connectivity index (χ3n) is 5.55. The normalized spacial score (nSPS) is 14.1. The van der Waals surface area contributed by atoms with Gasteiger partial charge in [0.25, 0.3) is 0 Å². The smallest absolute Gasteiger partial charge is 0.226 e. The van der Waals surface area contributed by atoms with Gasteiger partial charge in [-0.15, -0.1) is 11.3 Å². The number of hydrogen-bond acceptors (Lipinski definition) is 6. The zero-order chi connectivity index (χ0) is 22.2. The molecule has 6 nitrogen and oxygen atoms in total. The molecule has 1 N–H and O–H groups in total. The fourth-order valence-electron chi connectivity index (χ4n) is 3.71. The Balaban J connectivity index is 1.21. The molecule has 2 aromatic heterocycles. The molecule has 32 heavy (non-hydrogen) atoms. The van der Waals surface area contributed by atoms with Crippen LogP contribution in [0.4, 0.5) is 5.82 Å². The van der Waals surface area contributed by atoms with Gasteiger partial charge in [0.05, 0.1) is 12.1 Å². The first-order valence-corrected chi connectivity index (χ1v) is 12.1. The zero-order valence-corrected chi connectivity index (χ0v) is 19.4. The molecule has 1 aromatic carbocycles. The fraction of sp³-hybridized carbons (Fsp3) is 0.400. The maximum Gasteiger partial charge on any atom is 0.226 e. The first-order valence-electron chi connectivity index (χ1n) is 11.2. The standard InChI is InChI=1S/C25H30N4O2S/c1-19-6-9-22(10-7-19)31-17-25-28-21(18-32-25)14-24(30)27-16-20-8-11-23(26-15-20)29-12-4-2-3-5-13-29/h6-11,15,18H,2-5,12-14,16-17H2,1H3,(H,27,30). The number of nitrogens with one attached hydrogen (secondary N) is 1. The predicted molar refractivity (Wildman–Crippen MR) is 128 cm³/mol. The minimum absolute atomic E-state index is 0.0436. The van der Waals surface area contributed by atoms with Gasteiger partial charge in [0.1, 0.15) is 23.2 Å². The van der Waals surface area contributed by atoms with Crippen molar-refractivity contribution in [1.82, 2.24) is 15.3 Å². The number of amides is 1. The summed E-state index contributed by atoms with van der Waals surface area (Å²) >= 11 is 1.51. The first kappa shape index (κ1) is 22.3. The molecule has 7 heteroatoms. The molecule has 0 saturated carbocycles. The van der Waals surface area contributed by atoms with E-state index in [0.717, 1.165) is 40.9 Å². The van der Waals surface area contributed by atoms with Crippen molar-refractivity contribution in [3.63, 3.8) is 0 Å². The van der Waals surface area contributed by atoms with Crippen molar-refractivity contribution < 1.29 is 9.53 Å². The largest absolute Gasteiger partial charge is 0.486 e. The number of hydrogen-bond donors (Lipinski definition) is 1. The number of nitrogens with zero attached hydrogens (tertiary/aromatic N) is 3. The summed E-state index contributed by atoms with van der Waals surface area (Å²) in [7, 11) is 0. The molecule has 3 aromatic rings. The SMILES string of the molecule is Cc1ccc(OCc2nc(CC(=O)NCc3ccc(N4CCCCCC4)nc3)cs2)cc1. The average molecular weight is 451 g/mol. The van der Waals surface area contributed by atoms with E-state index in [0.29, 0.717) is 13.2 Å². The lowest BCUT2D eigenvalue weighted by atomic mass is 10.2. The van der Waals surface area contributed by atoms with Crippen LogP contribution in [0.25, 0.3) is 0 Å². The van der Waals surface area contributed by atoms with E-state index < -0.39 is 0 Å². The van der Waals surface area contributed by atoms with Crippen molar-refractivity contribution in [3.05, 3.63) is 69.8 Å². The predicted octanol–water partition coefficient (Wildman–Crippen LogP) is 4.66. The van der Waals surface area contributed by atoms with Crippen LogP contribution in [0, 0.1) is 6.92 Å². The number of carbonyl (C=O) groups is 1. The molecular formula is C25H30N4O2S. The average Bonchev–Trinajstić information content (AvgIpc) is 3.07. The van der Waals surface area contributed by atoms with E-state index in [2.05, 4.69) is 32.3 Å². The number of aryl methyl sites for hydroxylation is 1. The molecule has 1 aliphatic rings. The van der Waals surface area contributed by atoms with Crippen molar-refractivity contribution in [2.24, 2.45) is 0 Å². The highest BCUT2D eigenvalue weighted by atomic mass is 32.1. The van der Waals surface area contributed by atoms with E-state index >= 15 is 0 Å². The number of ether oxygens (including phenoxy) is 1. The number of pyridine rings is 1. The lowest BCUT2D eigenvalue weighted by molar-refractivity contribution is -0.120. The molecule has 0 aliphatic carbocycles. The van der Waals surface area contributed by atoms with Gasteiger partial charge >= 0.3 is 0 Å². The Kier molecular flexibility index (Phi) is 7.72. The zero-order valence-electron chi connectivity index (χ0n) is 18.5. The molecule has 1 amide bonds. The highest BCUT2D eigenvalue weighted by molar-refractivity contribution is 7.09. The number of thiazole rings is 1. The van der Waals surface area contributed by atoms with Gasteiger partial charge in [0.2, 0.25) is 5.91 Å². The maximum atomic E-state index is 12.4. The summed E-state index contributed by atoms with van der Waals surface area (Å²) in [4.78, 5) is 23.8. The summed E-state index contributed by atoms with van der Waals surface area (Å²) in [6.07, 6.45) is 7.21. The Bertz CT molecular complexity index is 994. The summed E-state index contributed by atoms with van der Waals surface area (Å²) < 4.78 is 5.77. The number of benzene rings is 1. The number of aromatic nitrogens is 2. The van der Waals surface area contributed by atoms with Crippen LogP contribution in [-0.2, 0) is 24.4 Å². The van der Waals surface area contributed by atoms with E-state index in [9.17, 15) is 4.79 Å². The molecule has 0 bridgehead atoms. The van der Waals surface area contributed by atoms with Crippen LogP contribution in [0.1, 0.15) is 47.5 Å². The third-order valence-corrected chi connectivity index (χ3v) is 6.42. The highest BCUT2D eigenvalue weighted by Crippen LogP contribution is 2.18. The molecule has 0 spiro atoms. The monoisotopic (exact) mass is 450 g/mol. The number of anilines is 1. The Morgan fingerprint density at radius 1 is 1.09 bits per heavy atom. The molecule has 1 fully saturated rings. The molecule has 4 rings (SSSR count). The Labute approximate surface area is 193 Å². The summed E-state index contributed by atoms with van der Waals surface area (Å²) in [6, 6.07) is 12.1. The molecular weight excluding hydrogens is 420 g/mol. The molecule has 0 radical (unpaired) electrons. The minimum atomic E-state index is -0.0436. The number of carbonyl (C=O) groups excluding carboxylic acids is 1. The third kappa shape index (κ3) is 6.53. The summed E-state index contributed by atoms with van der Waals surface area (Å²) in [5.41, 5.74) is 2.97. The summed E-state index contributed by atoms with van der Waals surface area (Å²) in [6.45, 7) is 5.08. The molecule has 1 aliphatic heterocycles. The fourth-order valence-corrected chi connectivity index (χ4v) is 4.42. The van der Waals surface area contributed by atoms with Crippen LogP contribution < -0.4 is 15.0 Å². The van der Waals surface area contributed by atoms with E-state index in [-0.39, 0.29) is 12.3 Å². The van der Waals surface area contributed by atoms with Crippen LogP contribution in [-0.4, -0.2) is 29.0 Å². The lowest BCUT2D eigenvalue weighted by Crippen LogP contribution is -2.26. The maximum absolute atomic E-state index is 12.4. The van der Waals surface area contributed by atoms with E-state index in [1.54, 1.807) is 0 Å². The van der Waals surface area contributed by atoms with E-state index in [4.69, 9.17) is 4.74 Å². The molecule has 0 unspecified atom stereocenters. The van der Waals surface area contributed by atoms with Crippen molar-refractivity contribution in [2.45, 2.75) is 52.2 Å². The van der Waals surface area contributed by atoms with Crippen molar-refractivity contribution in [1.29, 1.82) is 0 Å². The van der Waals surface area contributed by atoms with Gasteiger partial charge in [-0.2, -0.15) is 0 Å². The Morgan fingerprint density at radius 2 is 1.88 bits per heavy atom. The van der Waals surface area contributed by atoms with E-state index in [1.807, 2.05) is 42.8 Å². The summed E-state index contributed by atoms with van der Waals surface area (Å²) in [5, 5.41) is 5.75. The van der Waals surface area contributed by atoms with Gasteiger partial charge in [0.15, 0.2) is 0 Å². The van der Waals surface area contributed by atoms with Crippen LogP contribution in [0.5, 0.6) is 5.75 Å². The van der Waals surface area contributed by atoms with Crippen LogP contribution in [0.15, 0.2) is 48.0 Å². The Hall–Kier alpha value is -2.93. The van der Waals surface area contributed by atoms with Gasteiger partial charge in [-0.25, -0.2) is 9.97 Å². The van der Waals surface area contributed by atoms with Crippen LogP contribution >= 0.6 is 11.3 Å². The van der Waals surface area contributed by atoms with Gasteiger partial charge in [-0.3, -0.25) is 4.79 Å². The van der Waals surface area contributed by atoms with E-state index in [1.165, 1.54) is 42.6 Å². The Morgan fingerprint density at radius 3 is 2.59 bits per heavy atom. The van der Waals surface area contributed by atoms with Gasteiger partial charge in [-0.05, 0) is 43.5 Å². The molecule has 0 atom stereocenters. The highest BCUT2D eigenvalue weighted by Gasteiger charge is 2.12. The van der Waals surface area contributed by atoms with Gasteiger partial charge < -0.3 is 15.0 Å². The quantitative estimate of drug-likeness (QED) is 0.540. The van der Waals surface area contributed by atoms with Gasteiger partial charge in [0, 0.05) is 31.2 Å². The molecule has 1 saturated heterocycles.